The van der Waals surface area contributed by atoms with Crippen molar-refractivity contribution in [1.29, 1.82) is 0 Å². The smallest absolute Gasteiger partial charge is 0.264 e. The number of hydrogen-bond acceptors (Lipinski definition) is 4. The van der Waals surface area contributed by atoms with E-state index in [1.165, 1.54) is 37.4 Å². The van der Waals surface area contributed by atoms with Crippen LogP contribution >= 0.6 is 23.2 Å². The third-order valence-corrected chi connectivity index (χ3v) is 6.64. The number of methoxy groups -OCH3 is 1. The molecule has 0 unspecified atom stereocenters. The highest BCUT2D eigenvalue weighted by Crippen LogP contribution is 2.30. The number of carbonyl (C=O) groups is 1. The van der Waals surface area contributed by atoms with Gasteiger partial charge in [-0.25, -0.2) is 8.42 Å². The molecule has 0 heterocycles. The van der Waals surface area contributed by atoms with Crippen LogP contribution < -0.4 is 14.4 Å². The van der Waals surface area contributed by atoms with Gasteiger partial charge in [0, 0.05) is 10.0 Å². The standard InChI is InChI=1S/C22H20Cl2N2O4S/c1-15-7-9-19(10-8-15)31(28,29)26(18-12-16(23)11-17(24)13-18)14-22(27)25-20-5-3-4-6-21(20)30-2/h3-13H,14H2,1-2H3,(H,25,27). The number of anilines is 2. The summed E-state index contributed by atoms with van der Waals surface area (Å²) in [7, 11) is -2.60. The van der Waals surface area contributed by atoms with Crippen LogP contribution in [0.4, 0.5) is 11.4 Å². The van der Waals surface area contributed by atoms with E-state index in [4.69, 9.17) is 27.9 Å². The topological polar surface area (TPSA) is 75.7 Å². The highest BCUT2D eigenvalue weighted by molar-refractivity contribution is 7.92. The molecular formula is C22H20Cl2N2O4S. The molecule has 0 aliphatic carbocycles. The van der Waals surface area contributed by atoms with Crippen molar-refractivity contribution in [2.24, 2.45) is 0 Å². The van der Waals surface area contributed by atoms with Gasteiger partial charge in [-0.05, 0) is 49.4 Å². The van der Waals surface area contributed by atoms with Gasteiger partial charge in [-0.3, -0.25) is 9.10 Å². The molecule has 3 aromatic rings. The molecule has 1 amide bonds. The van der Waals surface area contributed by atoms with Crippen LogP contribution in [0.5, 0.6) is 5.75 Å². The second kappa shape index (κ2) is 9.60. The van der Waals surface area contributed by atoms with Gasteiger partial charge in [0.05, 0.1) is 23.4 Å². The fourth-order valence-corrected chi connectivity index (χ4v) is 4.82. The molecule has 31 heavy (non-hydrogen) atoms. The molecular weight excluding hydrogens is 459 g/mol. The Morgan fingerprint density at radius 2 is 1.61 bits per heavy atom. The first-order chi connectivity index (χ1) is 14.7. The average molecular weight is 479 g/mol. The van der Waals surface area contributed by atoms with Crippen molar-refractivity contribution in [2.45, 2.75) is 11.8 Å². The van der Waals surface area contributed by atoms with Crippen molar-refractivity contribution in [3.05, 3.63) is 82.3 Å². The summed E-state index contributed by atoms with van der Waals surface area (Å²) in [6.45, 7) is 1.36. The van der Waals surface area contributed by atoms with Gasteiger partial charge in [0.2, 0.25) is 5.91 Å². The number of ether oxygens (including phenoxy) is 1. The molecule has 0 spiro atoms. The van der Waals surface area contributed by atoms with Gasteiger partial charge >= 0.3 is 0 Å². The van der Waals surface area contributed by atoms with Gasteiger partial charge < -0.3 is 10.1 Å². The zero-order valence-electron chi connectivity index (χ0n) is 16.8. The van der Waals surface area contributed by atoms with Crippen molar-refractivity contribution in [2.75, 3.05) is 23.3 Å². The number of aryl methyl sites for hydroxylation is 1. The maximum atomic E-state index is 13.4. The van der Waals surface area contributed by atoms with E-state index in [2.05, 4.69) is 5.32 Å². The lowest BCUT2D eigenvalue weighted by Crippen LogP contribution is -2.38. The molecule has 0 fully saturated rings. The number of hydrogen-bond donors (Lipinski definition) is 1. The SMILES string of the molecule is COc1ccccc1NC(=O)CN(c1cc(Cl)cc(Cl)c1)S(=O)(=O)c1ccc(C)cc1. The van der Waals surface area contributed by atoms with E-state index in [1.54, 1.807) is 36.4 Å². The Bertz CT molecular complexity index is 1180. The number of para-hydroxylation sites is 2. The van der Waals surface area contributed by atoms with Crippen molar-refractivity contribution in [3.8, 4) is 5.75 Å². The summed E-state index contributed by atoms with van der Waals surface area (Å²) in [5.74, 6) is -0.106. The molecule has 3 rings (SSSR count). The lowest BCUT2D eigenvalue weighted by atomic mass is 10.2. The molecule has 0 radical (unpaired) electrons. The second-order valence-corrected chi connectivity index (χ2v) is 9.44. The molecule has 0 saturated heterocycles. The summed E-state index contributed by atoms with van der Waals surface area (Å²) in [5, 5.41) is 3.18. The lowest BCUT2D eigenvalue weighted by Gasteiger charge is -2.24. The molecule has 6 nitrogen and oxygen atoms in total. The first-order valence-corrected chi connectivity index (χ1v) is 11.4. The van der Waals surface area contributed by atoms with E-state index in [0.717, 1.165) is 9.87 Å². The summed E-state index contributed by atoms with van der Waals surface area (Å²) in [6, 6.07) is 17.5. The molecule has 0 saturated carbocycles. The summed E-state index contributed by atoms with van der Waals surface area (Å²) in [4.78, 5) is 12.9. The lowest BCUT2D eigenvalue weighted by molar-refractivity contribution is -0.114. The monoisotopic (exact) mass is 478 g/mol. The van der Waals surface area contributed by atoms with Gasteiger partial charge in [-0.1, -0.05) is 53.0 Å². The van der Waals surface area contributed by atoms with Gasteiger partial charge in [-0.2, -0.15) is 0 Å². The zero-order chi connectivity index (χ0) is 22.6. The second-order valence-electron chi connectivity index (χ2n) is 6.70. The van der Waals surface area contributed by atoms with Gasteiger partial charge in [0.15, 0.2) is 0 Å². The Hall–Kier alpha value is -2.74. The van der Waals surface area contributed by atoms with Gasteiger partial charge in [0.1, 0.15) is 12.3 Å². The molecule has 162 valence electrons. The van der Waals surface area contributed by atoms with E-state index in [-0.39, 0.29) is 20.6 Å². The minimum absolute atomic E-state index is 0.0410. The van der Waals surface area contributed by atoms with Gasteiger partial charge in [-0.15, -0.1) is 0 Å². The predicted octanol–water partition coefficient (Wildman–Crippen LogP) is 5.14. The Morgan fingerprint density at radius 3 is 2.23 bits per heavy atom. The number of halogens is 2. The number of benzene rings is 3. The minimum atomic E-state index is -4.08. The molecule has 0 atom stereocenters. The fourth-order valence-electron chi connectivity index (χ4n) is 2.90. The Morgan fingerprint density at radius 1 is 1.00 bits per heavy atom. The van der Waals surface area contributed by atoms with Gasteiger partial charge in [0.25, 0.3) is 10.0 Å². The summed E-state index contributed by atoms with van der Waals surface area (Å²) in [6.07, 6.45) is 0. The third-order valence-electron chi connectivity index (χ3n) is 4.41. The normalized spacial score (nSPS) is 11.1. The van der Waals surface area contributed by atoms with Crippen LogP contribution in [0.25, 0.3) is 0 Å². The van der Waals surface area contributed by atoms with Crippen molar-refractivity contribution >= 4 is 50.5 Å². The van der Waals surface area contributed by atoms with E-state index in [0.29, 0.717) is 11.4 Å². The van der Waals surface area contributed by atoms with Crippen LogP contribution in [-0.4, -0.2) is 28.0 Å². The van der Waals surface area contributed by atoms with E-state index >= 15 is 0 Å². The van der Waals surface area contributed by atoms with Crippen LogP contribution in [0.2, 0.25) is 10.0 Å². The van der Waals surface area contributed by atoms with E-state index in [9.17, 15) is 13.2 Å². The van der Waals surface area contributed by atoms with Crippen molar-refractivity contribution in [1.82, 2.24) is 0 Å². The summed E-state index contributed by atoms with van der Waals surface area (Å²) < 4.78 is 33.0. The maximum absolute atomic E-state index is 13.4. The number of nitrogens with zero attached hydrogens (tertiary/aromatic N) is 1. The first-order valence-electron chi connectivity index (χ1n) is 9.19. The van der Waals surface area contributed by atoms with Crippen molar-refractivity contribution in [3.63, 3.8) is 0 Å². The number of sulfonamides is 1. The highest BCUT2D eigenvalue weighted by Gasteiger charge is 2.28. The largest absolute Gasteiger partial charge is 0.495 e. The number of rotatable bonds is 7. The predicted molar refractivity (Wildman–Crippen MR) is 124 cm³/mol. The Balaban J connectivity index is 1.99. The van der Waals surface area contributed by atoms with Crippen LogP contribution in [0.15, 0.2) is 71.6 Å². The van der Waals surface area contributed by atoms with Crippen molar-refractivity contribution < 1.29 is 17.9 Å². The van der Waals surface area contributed by atoms with Crippen LogP contribution in [0, 0.1) is 6.92 Å². The quantitative estimate of drug-likeness (QED) is 0.509. The molecule has 9 heteroatoms. The number of amides is 1. The van der Waals surface area contributed by atoms with E-state index < -0.39 is 22.5 Å². The Labute approximate surface area is 191 Å². The minimum Gasteiger partial charge on any atom is -0.495 e. The first kappa shape index (κ1) is 22.9. The third kappa shape index (κ3) is 5.50. The van der Waals surface area contributed by atoms with Crippen LogP contribution in [-0.2, 0) is 14.8 Å². The molecule has 0 aliphatic rings. The number of carbonyl (C=O) groups excluding carboxylic acids is 1. The molecule has 0 aliphatic heterocycles. The van der Waals surface area contributed by atoms with E-state index in [1.807, 2.05) is 6.92 Å². The highest BCUT2D eigenvalue weighted by atomic mass is 35.5. The summed E-state index contributed by atoms with van der Waals surface area (Å²) in [5.41, 5.74) is 1.50. The fraction of sp³-hybridized carbons (Fsp3) is 0.136. The van der Waals surface area contributed by atoms with Crippen LogP contribution in [0.3, 0.4) is 0 Å². The zero-order valence-corrected chi connectivity index (χ0v) is 19.1. The molecule has 0 bridgehead atoms. The average Bonchev–Trinajstić information content (AvgIpc) is 2.72. The van der Waals surface area contributed by atoms with Crippen LogP contribution in [0.1, 0.15) is 5.56 Å². The molecule has 1 N–H and O–H groups in total. The Kier molecular flexibility index (Phi) is 7.10. The maximum Gasteiger partial charge on any atom is 0.264 e. The molecule has 0 aromatic heterocycles. The summed E-state index contributed by atoms with van der Waals surface area (Å²) >= 11 is 12.2. The number of nitrogens with one attached hydrogen (secondary N) is 1. The molecule has 3 aromatic carbocycles.